The predicted molar refractivity (Wildman–Crippen MR) is 201 cm³/mol. The zero-order valence-electron chi connectivity index (χ0n) is 30.9. The summed E-state index contributed by atoms with van der Waals surface area (Å²) in [5.41, 5.74) is -1.31. The number of nitrogens with zero attached hydrogens (tertiary/aromatic N) is 6. The Kier molecular flexibility index (Phi) is 8.71. The maximum absolute atomic E-state index is 14.6. The van der Waals surface area contributed by atoms with Crippen molar-refractivity contribution in [2.75, 3.05) is 26.2 Å². The SMILES string of the molecule is COc1cc2nc(CCn3c(=O)n4n(c3=O)[C@@H]3C[C@H]5C(=O)N(c6ccc(F)c(Cl)c6)C(=O)[C@@]5(C)[C@@H](c5cccc(OC)c5O)C3=CC4)c(=O)n(C)c2cc1OC. The Bertz CT molecular complexity index is 2730. The molecule has 1 aliphatic carbocycles. The Morgan fingerprint density at radius 1 is 0.964 bits per heavy atom. The van der Waals surface area contributed by atoms with Gasteiger partial charge in [-0.3, -0.25) is 14.4 Å². The number of hydrogen-bond acceptors (Lipinski definition) is 10. The lowest BCUT2D eigenvalue weighted by molar-refractivity contribution is -0.129. The van der Waals surface area contributed by atoms with Gasteiger partial charge in [0, 0.05) is 43.6 Å². The van der Waals surface area contributed by atoms with E-state index >= 15 is 0 Å². The maximum atomic E-state index is 14.6. The van der Waals surface area contributed by atoms with Gasteiger partial charge in [-0.15, -0.1) is 0 Å². The largest absolute Gasteiger partial charge is 0.504 e. The quantitative estimate of drug-likeness (QED) is 0.181. The molecule has 0 bridgehead atoms. The van der Waals surface area contributed by atoms with Gasteiger partial charge in [0.25, 0.3) is 5.56 Å². The number of para-hydroxylation sites is 1. The highest BCUT2D eigenvalue weighted by atomic mass is 35.5. The van der Waals surface area contributed by atoms with Gasteiger partial charge >= 0.3 is 11.4 Å². The summed E-state index contributed by atoms with van der Waals surface area (Å²) in [6.45, 7) is 1.39. The van der Waals surface area contributed by atoms with Gasteiger partial charge in [-0.05, 0) is 43.2 Å². The second-order valence-electron chi connectivity index (χ2n) is 14.2. The maximum Gasteiger partial charge on any atom is 0.347 e. The van der Waals surface area contributed by atoms with Crippen LogP contribution in [0, 0.1) is 17.2 Å². The molecule has 2 aliphatic heterocycles. The number of allylic oxidation sites excluding steroid dienone is 2. The van der Waals surface area contributed by atoms with Gasteiger partial charge < -0.3 is 23.9 Å². The highest BCUT2D eigenvalue weighted by Gasteiger charge is 2.66. The first kappa shape index (κ1) is 36.8. The Morgan fingerprint density at radius 3 is 2.38 bits per heavy atom. The number of imide groups is 1. The number of methoxy groups -OCH3 is 3. The van der Waals surface area contributed by atoms with Crippen LogP contribution in [0.2, 0.25) is 5.02 Å². The summed E-state index contributed by atoms with van der Waals surface area (Å²) in [7, 11) is 5.93. The van der Waals surface area contributed by atoms with Gasteiger partial charge in [0.15, 0.2) is 23.0 Å². The normalized spacial score (nSPS) is 21.4. The van der Waals surface area contributed by atoms with Crippen LogP contribution in [0.4, 0.5) is 10.1 Å². The van der Waals surface area contributed by atoms with Gasteiger partial charge in [0.2, 0.25) is 11.8 Å². The first-order valence-corrected chi connectivity index (χ1v) is 18.1. The molecular formula is C39H36ClFN6O9. The molecule has 1 N–H and O–H groups in total. The zero-order chi connectivity index (χ0) is 40.0. The molecule has 0 unspecified atom stereocenters. The molecule has 2 fully saturated rings. The van der Waals surface area contributed by atoms with Crippen molar-refractivity contribution in [3.8, 4) is 23.0 Å². The van der Waals surface area contributed by atoms with Crippen LogP contribution in [0.25, 0.3) is 11.0 Å². The number of halogens is 2. The van der Waals surface area contributed by atoms with Crippen molar-refractivity contribution in [2.24, 2.45) is 18.4 Å². The molecule has 56 heavy (non-hydrogen) atoms. The van der Waals surface area contributed by atoms with Gasteiger partial charge in [0.1, 0.15) is 11.5 Å². The van der Waals surface area contributed by atoms with E-state index < -0.39 is 57.9 Å². The lowest BCUT2D eigenvalue weighted by Gasteiger charge is -2.47. The molecule has 1 saturated heterocycles. The van der Waals surface area contributed by atoms with Crippen LogP contribution < -0.4 is 36.0 Å². The Labute approximate surface area is 322 Å². The fraction of sp³-hybridized carbons (Fsp3) is 0.333. The van der Waals surface area contributed by atoms with Crippen LogP contribution in [-0.2, 0) is 36.1 Å². The minimum absolute atomic E-state index is 0.0546. The average Bonchev–Trinajstić information content (AvgIpc) is 3.55. The van der Waals surface area contributed by atoms with E-state index in [1.807, 2.05) is 0 Å². The molecule has 0 spiro atoms. The number of aromatic hydroxyl groups is 1. The lowest BCUT2D eigenvalue weighted by Crippen LogP contribution is -2.49. The summed E-state index contributed by atoms with van der Waals surface area (Å²) in [5, 5.41) is 11.2. The Balaban J connectivity index is 1.22. The third-order valence-corrected chi connectivity index (χ3v) is 11.9. The molecule has 17 heteroatoms. The van der Waals surface area contributed by atoms with Crippen molar-refractivity contribution in [3.63, 3.8) is 0 Å². The van der Waals surface area contributed by atoms with Gasteiger partial charge in [-0.25, -0.2) is 37.8 Å². The molecular weight excluding hydrogens is 751 g/mol. The summed E-state index contributed by atoms with van der Waals surface area (Å²) in [4.78, 5) is 76.4. The average molecular weight is 787 g/mol. The molecule has 15 nitrogen and oxygen atoms in total. The fourth-order valence-corrected chi connectivity index (χ4v) is 8.93. The number of carbonyl (C=O) groups is 2. The van der Waals surface area contributed by atoms with Crippen LogP contribution in [0.15, 0.2) is 74.6 Å². The standard InChI is InChI=1S/C39H36ClFN6O9/c1-39-22(34(49)46(36(39)51)19-9-10-24(41)23(40)15-19)16-27-20(32(39)21-7-6-8-29(54-3)33(21)48)11-14-45-37(52)44(38(53)47(27)45)13-12-25-35(50)43(2)28-18-31(56-5)30(55-4)17-26(28)42-25/h6-11,15,17-18,22,27,32,48H,12-14,16H2,1-5H3/t22-,27+,32+,39+/m0/s1. The summed E-state index contributed by atoms with van der Waals surface area (Å²) in [6.07, 6.45) is 1.63. The van der Waals surface area contributed by atoms with E-state index in [1.54, 1.807) is 50.4 Å². The molecule has 290 valence electrons. The summed E-state index contributed by atoms with van der Waals surface area (Å²) in [6, 6.07) is 10.7. The van der Waals surface area contributed by atoms with Gasteiger partial charge in [0.05, 0.1) is 67.0 Å². The van der Waals surface area contributed by atoms with Crippen molar-refractivity contribution in [3.05, 3.63) is 114 Å². The first-order chi connectivity index (χ1) is 26.8. The molecule has 1 saturated carbocycles. The lowest BCUT2D eigenvalue weighted by atomic mass is 9.56. The first-order valence-electron chi connectivity index (χ1n) is 17.7. The van der Waals surface area contributed by atoms with Crippen molar-refractivity contribution in [2.45, 2.75) is 44.8 Å². The van der Waals surface area contributed by atoms with Gasteiger partial charge in [-0.1, -0.05) is 29.8 Å². The molecule has 2 aromatic heterocycles. The van der Waals surface area contributed by atoms with Crippen molar-refractivity contribution >= 4 is 40.1 Å². The second kappa shape index (κ2) is 13.3. The second-order valence-corrected chi connectivity index (χ2v) is 14.6. The molecule has 4 atom stereocenters. The van der Waals surface area contributed by atoms with E-state index in [1.165, 1.54) is 47.4 Å². The number of phenols is 1. The number of rotatable bonds is 8. The molecule has 3 aliphatic rings. The number of aromatic nitrogens is 5. The van der Waals surface area contributed by atoms with Crippen LogP contribution >= 0.6 is 11.6 Å². The number of fused-ring (bicyclic) bond motifs is 5. The number of benzene rings is 3. The number of ether oxygens (including phenoxy) is 3. The number of phenolic OH excluding ortho intramolecular Hbond substituents is 1. The van der Waals surface area contributed by atoms with Crippen LogP contribution in [0.3, 0.4) is 0 Å². The van der Waals surface area contributed by atoms with Crippen LogP contribution in [-0.4, -0.2) is 61.7 Å². The number of hydrogen-bond donors (Lipinski definition) is 1. The highest BCUT2D eigenvalue weighted by Crippen LogP contribution is 2.62. The van der Waals surface area contributed by atoms with Crippen molar-refractivity contribution in [1.82, 2.24) is 23.5 Å². The third-order valence-electron chi connectivity index (χ3n) is 11.6. The predicted octanol–water partition coefficient (Wildman–Crippen LogP) is 3.69. The summed E-state index contributed by atoms with van der Waals surface area (Å²) < 4.78 is 35.4. The highest BCUT2D eigenvalue weighted by molar-refractivity contribution is 6.31. The number of aryl methyl sites for hydroxylation is 2. The smallest absolute Gasteiger partial charge is 0.347 e. The fourth-order valence-electron chi connectivity index (χ4n) is 8.76. The summed E-state index contributed by atoms with van der Waals surface area (Å²) >= 11 is 6.09. The van der Waals surface area contributed by atoms with Crippen LogP contribution in [0.5, 0.6) is 23.0 Å². The van der Waals surface area contributed by atoms with E-state index in [9.17, 15) is 33.5 Å². The number of anilines is 1. The Hall–Kier alpha value is -6.16. The molecule has 8 rings (SSSR count). The van der Waals surface area contributed by atoms with E-state index in [2.05, 4.69) is 4.98 Å². The third kappa shape index (κ3) is 5.14. The van der Waals surface area contributed by atoms with Crippen molar-refractivity contribution in [1.29, 1.82) is 0 Å². The molecule has 5 aromatic rings. The van der Waals surface area contributed by atoms with Gasteiger partial charge in [-0.2, -0.15) is 0 Å². The molecule has 4 heterocycles. The molecule has 0 radical (unpaired) electrons. The van der Waals surface area contributed by atoms with E-state index in [0.29, 0.717) is 28.1 Å². The topological polar surface area (TPSA) is 169 Å². The number of amides is 2. The summed E-state index contributed by atoms with van der Waals surface area (Å²) in [5.74, 6) is -3.27. The van der Waals surface area contributed by atoms with E-state index in [0.717, 1.165) is 15.5 Å². The zero-order valence-corrected chi connectivity index (χ0v) is 31.7. The molecule has 2 amide bonds. The Morgan fingerprint density at radius 2 is 1.68 bits per heavy atom. The molecule has 3 aromatic carbocycles. The van der Waals surface area contributed by atoms with Crippen LogP contribution in [0.1, 0.15) is 36.6 Å². The minimum Gasteiger partial charge on any atom is -0.504 e. The minimum atomic E-state index is -1.51. The van der Waals surface area contributed by atoms with Crippen molar-refractivity contribution < 1.29 is 33.3 Å². The number of carbonyl (C=O) groups excluding carboxylic acids is 2. The van der Waals surface area contributed by atoms with E-state index in [4.69, 9.17) is 25.8 Å². The monoisotopic (exact) mass is 786 g/mol. The van der Waals surface area contributed by atoms with E-state index in [-0.39, 0.29) is 59.4 Å².